The van der Waals surface area contributed by atoms with Gasteiger partial charge in [0.1, 0.15) is 5.75 Å². The van der Waals surface area contributed by atoms with Crippen LogP contribution < -0.4 is 20.3 Å². The standard InChI is InChI=1S/C18H21N3O2S/c1-4-23-17-11-7-15(8-12-17)20-18(24)19-14-5-9-16(10-6-14)21(3)13(2)22/h5-12H,4H2,1-3H3,(H2,19,20,24). The van der Waals surface area contributed by atoms with E-state index in [0.717, 1.165) is 22.8 Å². The molecular formula is C18H21N3O2S. The third-order valence-corrected chi connectivity index (χ3v) is 3.61. The SMILES string of the molecule is CCOc1ccc(NC(=S)Nc2ccc(N(C)C(C)=O)cc2)cc1. The minimum Gasteiger partial charge on any atom is -0.494 e. The van der Waals surface area contributed by atoms with Crippen molar-refractivity contribution in [2.45, 2.75) is 13.8 Å². The molecule has 0 fully saturated rings. The van der Waals surface area contributed by atoms with Gasteiger partial charge in [0.05, 0.1) is 6.61 Å². The molecule has 24 heavy (non-hydrogen) atoms. The third-order valence-electron chi connectivity index (χ3n) is 3.41. The molecule has 0 atom stereocenters. The summed E-state index contributed by atoms with van der Waals surface area (Å²) < 4.78 is 5.40. The lowest BCUT2D eigenvalue weighted by atomic mass is 10.2. The number of thiocarbonyl (C=S) groups is 1. The first-order valence-corrected chi connectivity index (χ1v) is 8.05. The summed E-state index contributed by atoms with van der Waals surface area (Å²) in [6.45, 7) is 4.12. The number of benzene rings is 2. The van der Waals surface area contributed by atoms with Crippen LogP contribution in [-0.2, 0) is 4.79 Å². The summed E-state index contributed by atoms with van der Waals surface area (Å²) in [6, 6.07) is 15.1. The maximum atomic E-state index is 11.3. The number of nitrogens with one attached hydrogen (secondary N) is 2. The van der Waals surface area contributed by atoms with Crippen molar-refractivity contribution in [3.63, 3.8) is 0 Å². The molecule has 2 rings (SSSR count). The van der Waals surface area contributed by atoms with Crippen LogP contribution in [0.3, 0.4) is 0 Å². The monoisotopic (exact) mass is 343 g/mol. The molecule has 0 heterocycles. The lowest BCUT2D eigenvalue weighted by molar-refractivity contribution is -0.116. The molecular weight excluding hydrogens is 322 g/mol. The number of ether oxygens (including phenoxy) is 1. The van der Waals surface area contributed by atoms with Gasteiger partial charge in [-0.1, -0.05) is 0 Å². The van der Waals surface area contributed by atoms with Crippen molar-refractivity contribution in [2.75, 3.05) is 29.2 Å². The lowest BCUT2D eigenvalue weighted by Gasteiger charge is -2.16. The minimum atomic E-state index is -0.0107. The largest absolute Gasteiger partial charge is 0.494 e. The average molecular weight is 343 g/mol. The number of nitrogens with zero attached hydrogens (tertiary/aromatic N) is 1. The summed E-state index contributed by atoms with van der Waals surface area (Å²) in [4.78, 5) is 12.9. The van der Waals surface area contributed by atoms with Gasteiger partial charge in [-0.3, -0.25) is 4.79 Å². The van der Waals surface area contributed by atoms with E-state index in [9.17, 15) is 4.79 Å². The zero-order valence-corrected chi connectivity index (χ0v) is 14.8. The van der Waals surface area contributed by atoms with E-state index in [1.807, 2.05) is 55.5 Å². The van der Waals surface area contributed by atoms with Crippen LogP contribution >= 0.6 is 12.2 Å². The van der Waals surface area contributed by atoms with E-state index in [1.54, 1.807) is 11.9 Å². The van der Waals surface area contributed by atoms with Crippen LogP contribution in [0.1, 0.15) is 13.8 Å². The summed E-state index contributed by atoms with van der Waals surface area (Å²) in [5.74, 6) is 0.815. The van der Waals surface area contributed by atoms with E-state index >= 15 is 0 Å². The Labute approximate surface area is 147 Å². The number of hydrogen-bond acceptors (Lipinski definition) is 3. The Bertz CT molecular complexity index is 699. The van der Waals surface area contributed by atoms with Gasteiger partial charge in [0.15, 0.2) is 5.11 Å². The van der Waals surface area contributed by atoms with Gasteiger partial charge >= 0.3 is 0 Å². The fraction of sp³-hybridized carbons (Fsp3) is 0.222. The molecule has 0 bridgehead atoms. The van der Waals surface area contributed by atoms with Crippen molar-refractivity contribution in [3.05, 3.63) is 48.5 Å². The average Bonchev–Trinajstić information content (AvgIpc) is 2.57. The maximum absolute atomic E-state index is 11.3. The van der Waals surface area contributed by atoms with Gasteiger partial charge in [-0.15, -0.1) is 0 Å². The quantitative estimate of drug-likeness (QED) is 0.807. The summed E-state index contributed by atoms with van der Waals surface area (Å²) in [6.07, 6.45) is 0. The first-order valence-electron chi connectivity index (χ1n) is 7.65. The second-order valence-corrected chi connectivity index (χ2v) is 5.57. The van der Waals surface area contributed by atoms with Crippen molar-refractivity contribution in [3.8, 4) is 5.75 Å². The molecule has 1 amide bonds. The van der Waals surface area contributed by atoms with E-state index in [1.165, 1.54) is 6.92 Å². The first-order chi connectivity index (χ1) is 11.5. The van der Waals surface area contributed by atoms with Crippen molar-refractivity contribution in [1.82, 2.24) is 0 Å². The van der Waals surface area contributed by atoms with Crippen molar-refractivity contribution < 1.29 is 9.53 Å². The number of hydrogen-bond donors (Lipinski definition) is 2. The van der Waals surface area contributed by atoms with Gasteiger partial charge in [0.2, 0.25) is 5.91 Å². The van der Waals surface area contributed by atoms with Crippen molar-refractivity contribution in [1.29, 1.82) is 0 Å². The van der Waals surface area contributed by atoms with Crippen LogP contribution in [0.25, 0.3) is 0 Å². The summed E-state index contributed by atoms with van der Waals surface area (Å²) in [7, 11) is 1.74. The molecule has 2 aromatic carbocycles. The number of anilines is 3. The van der Waals surface area contributed by atoms with E-state index in [-0.39, 0.29) is 5.91 Å². The topological polar surface area (TPSA) is 53.6 Å². The van der Waals surface area contributed by atoms with Crippen LogP contribution in [0.2, 0.25) is 0 Å². The third kappa shape index (κ3) is 4.96. The predicted octanol–water partition coefficient (Wildman–Crippen LogP) is 3.88. The van der Waals surface area contributed by atoms with Crippen LogP contribution in [-0.4, -0.2) is 24.7 Å². The molecule has 0 aliphatic carbocycles. The second kappa shape index (κ2) is 8.31. The van der Waals surface area contributed by atoms with Crippen molar-refractivity contribution in [2.24, 2.45) is 0 Å². The van der Waals surface area contributed by atoms with Crippen LogP contribution in [0.5, 0.6) is 5.75 Å². The fourth-order valence-corrected chi connectivity index (χ4v) is 2.28. The van der Waals surface area contributed by atoms with E-state index in [0.29, 0.717) is 11.7 Å². The summed E-state index contributed by atoms with van der Waals surface area (Å²) in [5.41, 5.74) is 2.56. The summed E-state index contributed by atoms with van der Waals surface area (Å²) in [5, 5.41) is 6.72. The molecule has 0 aliphatic rings. The fourth-order valence-electron chi connectivity index (χ4n) is 2.04. The number of carbonyl (C=O) groups excluding carboxylic acids is 1. The minimum absolute atomic E-state index is 0.0107. The normalized spacial score (nSPS) is 9.96. The highest BCUT2D eigenvalue weighted by Crippen LogP contribution is 2.18. The van der Waals surface area contributed by atoms with E-state index in [2.05, 4.69) is 10.6 Å². The summed E-state index contributed by atoms with van der Waals surface area (Å²) >= 11 is 5.31. The van der Waals surface area contributed by atoms with E-state index < -0.39 is 0 Å². The highest BCUT2D eigenvalue weighted by molar-refractivity contribution is 7.80. The Hall–Kier alpha value is -2.60. The molecule has 6 heteroatoms. The number of rotatable bonds is 5. The van der Waals surface area contributed by atoms with Crippen LogP contribution in [0.4, 0.5) is 17.1 Å². The number of carbonyl (C=O) groups is 1. The highest BCUT2D eigenvalue weighted by Gasteiger charge is 2.05. The van der Waals surface area contributed by atoms with Gasteiger partial charge in [-0.2, -0.15) is 0 Å². The molecule has 0 radical (unpaired) electrons. The molecule has 0 saturated heterocycles. The molecule has 0 aliphatic heterocycles. The molecule has 2 N–H and O–H groups in total. The smallest absolute Gasteiger partial charge is 0.223 e. The second-order valence-electron chi connectivity index (χ2n) is 5.16. The Morgan fingerprint density at radius 2 is 1.54 bits per heavy atom. The lowest BCUT2D eigenvalue weighted by Crippen LogP contribution is -2.23. The molecule has 0 aromatic heterocycles. The first kappa shape index (κ1) is 17.7. The maximum Gasteiger partial charge on any atom is 0.223 e. The van der Waals surface area contributed by atoms with Crippen LogP contribution in [0, 0.1) is 0 Å². The van der Waals surface area contributed by atoms with Gasteiger partial charge in [0, 0.05) is 31.0 Å². The highest BCUT2D eigenvalue weighted by atomic mass is 32.1. The molecule has 2 aromatic rings. The molecule has 126 valence electrons. The van der Waals surface area contributed by atoms with Gasteiger partial charge in [0.25, 0.3) is 0 Å². The van der Waals surface area contributed by atoms with Gasteiger partial charge in [-0.25, -0.2) is 0 Å². The van der Waals surface area contributed by atoms with Gasteiger partial charge < -0.3 is 20.3 Å². The zero-order valence-electron chi connectivity index (χ0n) is 14.0. The Balaban J connectivity index is 1.93. The Morgan fingerprint density at radius 3 is 2.00 bits per heavy atom. The molecule has 5 nitrogen and oxygen atoms in total. The Kier molecular flexibility index (Phi) is 6.14. The number of amides is 1. The molecule has 0 saturated carbocycles. The Morgan fingerprint density at radius 1 is 1.04 bits per heavy atom. The van der Waals surface area contributed by atoms with Gasteiger partial charge in [-0.05, 0) is 67.7 Å². The molecule has 0 spiro atoms. The predicted molar refractivity (Wildman–Crippen MR) is 103 cm³/mol. The zero-order chi connectivity index (χ0) is 17.5. The van der Waals surface area contributed by atoms with Crippen molar-refractivity contribution >= 4 is 40.3 Å². The van der Waals surface area contributed by atoms with E-state index in [4.69, 9.17) is 17.0 Å². The molecule has 0 unspecified atom stereocenters. The van der Waals surface area contributed by atoms with Crippen LogP contribution in [0.15, 0.2) is 48.5 Å².